The van der Waals surface area contributed by atoms with E-state index in [1.165, 1.54) is 0 Å². The number of carbonyl (C=O) groups is 1. The Morgan fingerprint density at radius 3 is 2.79 bits per heavy atom. The zero-order valence-corrected chi connectivity index (χ0v) is 9.50. The van der Waals surface area contributed by atoms with Crippen LogP contribution in [0.2, 0.25) is 0 Å². The molecule has 0 saturated heterocycles. The summed E-state index contributed by atoms with van der Waals surface area (Å²) in [6.45, 7) is 0.663. The largest absolute Gasteiger partial charge is 0.493 e. The van der Waals surface area contributed by atoms with E-state index in [4.69, 9.17) is 4.74 Å². The van der Waals surface area contributed by atoms with Gasteiger partial charge in [0.1, 0.15) is 5.75 Å². The van der Waals surface area contributed by atoms with Crippen molar-refractivity contribution in [3.8, 4) is 5.75 Å². The van der Waals surface area contributed by atoms with E-state index in [1.807, 2.05) is 18.2 Å². The quantitative estimate of drug-likeness (QED) is 0.444. The minimum Gasteiger partial charge on any atom is -0.493 e. The zero-order valence-electron chi connectivity index (χ0n) is 7.91. The highest BCUT2D eigenvalue weighted by atomic mass is 79.9. The van der Waals surface area contributed by atoms with Crippen LogP contribution < -0.4 is 4.74 Å². The number of rotatable bonds is 6. The van der Waals surface area contributed by atoms with Gasteiger partial charge in [-0.15, -0.1) is 0 Å². The highest BCUT2D eigenvalue weighted by Crippen LogP contribution is 2.15. The molecule has 0 aliphatic rings. The normalized spacial score (nSPS) is 9.79. The van der Waals surface area contributed by atoms with Crippen molar-refractivity contribution < 1.29 is 9.53 Å². The van der Waals surface area contributed by atoms with E-state index in [9.17, 15) is 4.79 Å². The average molecular weight is 257 g/mol. The first-order valence-electron chi connectivity index (χ1n) is 4.61. The van der Waals surface area contributed by atoms with Crippen LogP contribution in [0.3, 0.4) is 0 Å². The fourth-order valence-electron chi connectivity index (χ4n) is 1.09. The van der Waals surface area contributed by atoms with E-state index in [0.29, 0.717) is 17.9 Å². The van der Waals surface area contributed by atoms with Crippen LogP contribution >= 0.6 is 15.9 Å². The first-order chi connectivity index (χ1) is 6.88. The monoisotopic (exact) mass is 256 g/mol. The third-order valence-corrected chi connectivity index (χ3v) is 2.39. The van der Waals surface area contributed by atoms with Gasteiger partial charge in [0.15, 0.2) is 6.29 Å². The van der Waals surface area contributed by atoms with E-state index in [0.717, 1.165) is 24.5 Å². The maximum absolute atomic E-state index is 10.6. The standard InChI is InChI=1S/C11H13BrO2/c12-7-3-4-8-14-11-6-2-1-5-10(11)9-13/h1-2,5-6,9H,3-4,7-8H2. The summed E-state index contributed by atoms with van der Waals surface area (Å²) in [4.78, 5) is 10.6. The minimum atomic E-state index is 0.617. The maximum Gasteiger partial charge on any atom is 0.153 e. The number of aldehydes is 1. The Morgan fingerprint density at radius 1 is 1.29 bits per heavy atom. The molecule has 0 N–H and O–H groups in total. The van der Waals surface area contributed by atoms with Crippen molar-refractivity contribution in [1.82, 2.24) is 0 Å². The molecule has 0 aliphatic heterocycles. The molecule has 0 saturated carbocycles. The number of halogens is 1. The SMILES string of the molecule is O=Cc1ccccc1OCCCCBr. The number of para-hydroxylation sites is 1. The van der Waals surface area contributed by atoms with Gasteiger partial charge in [-0.3, -0.25) is 4.79 Å². The van der Waals surface area contributed by atoms with Gasteiger partial charge in [-0.25, -0.2) is 0 Å². The van der Waals surface area contributed by atoms with Crippen LogP contribution in [-0.4, -0.2) is 18.2 Å². The summed E-state index contributed by atoms with van der Waals surface area (Å²) in [5.41, 5.74) is 0.617. The number of hydrogen-bond donors (Lipinski definition) is 0. The summed E-state index contributed by atoms with van der Waals surface area (Å²) in [7, 11) is 0. The van der Waals surface area contributed by atoms with Gasteiger partial charge in [0.05, 0.1) is 12.2 Å². The van der Waals surface area contributed by atoms with Gasteiger partial charge < -0.3 is 4.74 Å². The molecule has 0 fully saturated rings. The number of ether oxygens (including phenoxy) is 1. The van der Waals surface area contributed by atoms with Crippen molar-refractivity contribution >= 4 is 22.2 Å². The molecule has 2 nitrogen and oxygen atoms in total. The third-order valence-electron chi connectivity index (χ3n) is 1.83. The second kappa shape index (κ2) is 6.60. The van der Waals surface area contributed by atoms with Crippen LogP contribution in [-0.2, 0) is 0 Å². The summed E-state index contributed by atoms with van der Waals surface area (Å²) < 4.78 is 5.48. The lowest BCUT2D eigenvalue weighted by Crippen LogP contribution is -1.99. The van der Waals surface area contributed by atoms with Crippen molar-refractivity contribution in [3.63, 3.8) is 0 Å². The highest BCUT2D eigenvalue weighted by molar-refractivity contribution is 9.09. The number of unbranched alkanes of at least 4 members (excludes halogenated alkanes) is 1. The summed E-state index contributed by atoms with van der Waals surface area (Å²) in [5.74, 6) is 0.678. The van der Waals surface area contributed by atoms with Gasteiger partial charge >= 0.3 is 0 Å². The van der Waals surface area contributed by atoms with Crippen molar-refractivity contribution in [3.05, 3.63) is 29.8 Å². The third kappa shape index (κ3) is 3.50. The minimum absolute atomic E-state index is 0.617. The molecule has 0 amide bonds. The lowest BCUT2D eigenvalue weighted by Gasteiger charge is -2.06. The van der Waals surface area contributed by atoms with E-state index >= 15 is 0 Å². The zero-order chi connectivity index (χ0) is 10.2. The number of hydrogen-bond acceptors (Lipinski definition) is 2. The predicted molar refractivity (Wildman–Crippen MR) is 60.4 cm³/mol. The van der Waals surface area contributed by atoms with E-state index in [-0.39, 0.29) is 0 Å². The summed E-state index contributed by atoms with van der Waals surface area (Å²) in [6.07, 6.45) is 2.90. The highest BCUT2D eigenvalue weighted by Gasteiger charge is 2.00. The van der Waals surface area contributed by atoms with Gasteiger partial charge in [0.25, 0.3) is 0 Å². The Morgan fingerprint density at radius 2 is 2.07 bits per heavy atom. The van der Waals surface area contributed by atoms with E-state index < -0.39 is 0 Å². The van der Waals surface area contributed by atoms with E-state index in [1.54, 1.807) is 6.07 Å². The van der Waals surface area contributed by atoms with Gasteiger partial charge in [0.2, 0.25) is 0 Å². The van der Waals surface area contributed by atoms with E-state index in [2.05, 4.69) is 15.9 Å². The molecular formula is C11H13BrO2. The Kier molecular flexibility index (Phi) is 5.30. The van der Waals surface area contributed by atoms with Crippen molar-refractivity contribution in [2.24, 2.45) is 0 Å². The second-order valence-electron chi connectivity index (χ2n) is 2.90. The molecule has 3 heteroatoms. The van der Waals surface area contributed by atoms with Crippen LogP contribution in [0.4, 0.5) is 0 Å². The lowest BCUT2D eigenvalue weighted by atomic mass is 10.2. The molecule has 1 aromatic carbocycles. The van der Waals surface area contributed by atoms with Crippen LogP contribution in [0.15, 0.2) is 24.3 Å². The van der Waals surface area contributed by atoms with Crippen LogP contribution in [0.1, 0.15) is 23.2 Å². The molecule has 0 unspecified atom stereocenters. The first kappa shape index (κ1) is 11.2. The molecule has 1 rings (SSSR count). The predicted octanol–water partition coefficient (Wildman–Crippen LogP) is 3.05. The van der Waals surface area contributed by atoms with Gasteiger partial charge in [0, 0.05) is 5.33 Å². The number of carbonyl (C=O) groups excluding carboxylic acids is 1. The van der Waals surface area contributed by atoms with Crippen molar-refractivity contribution in [1.29, 1.82) is 0 Å². The molecule has 0 spiro atoms. The molecule has 0 radical (unpaired) electrons. The molecule has 0 heterocycles. The average Bonchev–Trinajstić information content (AvgIpc) is 2.25. The Hall–Kier alpha value is -0.830. The smallest absolute Gasteiger partial charge is 0.153 e. The van der Waals surface area contributed by atoms with Crippen molar-refractivity contribution in [2.75, 3.05) is 11.9 Å². The Labute approximate surface area is 92.4 Å². The molecule has 0 aliphatic carbocycles. The Balaban J connectivity index is 2.45. The molecule has 14 heavy (non-hydrogen) atoms. The van der Waals surface area contributed by atoms with Crippen LogP contribution in [0.25, 0.3) is 0 Å². The maximum atomic E-state index is 10.6. The Bertz CT molecular complexity index is 286. The molecule has 0 atom stereocenters. The molecule has 0 bridgehead atoms. The first-order valence-corrected chi connectivity index (χ1v) is 5.73. The molecule has 1 aromatic rings. The fraction of sp³-hybridized carbons (Fsp3) is 0.364. The molecular weight excluding hydrogens is 244 g/mol. The molecule has 0 aromatic heterocycles. The van der Waals surface area contributed by atoms with Crippen LogP contribution in [0.5, 0.6) is 5.75 Å². The number of alkyl halides is 1. The van der Waals surface area contributed by atoms with Crippen LogP contribution in [0, 0.1) is 0 Å². The van der Waals surface area contributed by atoms with Gasteiger partial charge in [-0.2, -0.15) is 0 Å². The summed E-state index contributed by atoms with van der Waals surface area (Å²) in [6, 6.07) is 7.27. The number of benzene rings is 1. The lowest BCUT2D eigenvalue weighted by molar-refractivity contribution is 0.111. The van der Waals surface area contributed by atoms with Gasteiger partial charge in [-0.1, -0.05) is 28.1 Å². The molecule has 76 valence electrons. The van der Waals surface area contributed by atoms with Gasteiger partial charge in [-0.05, 0) is 25.0 Å². The fourth-order valence-corrected chi connectivity index (χ4v) is 1.48. The second-order valence-corrected chi connectivity index (χ2v) is 3.69. The summed E-state index contributed by atoms with van der Waals surface area (Å²) >= 11 is 3.35. The topological polar surface area (TPSA) is 26.3 Å². The van der Waals surface area contributed by atoms with Crippen molar-refractivity contribution in [2.45, 2.75) is 12.8 Å². The summed E-state index contributed by atoms with van der Waals surface area (Å²) in [5, 5.41) is 0.992.